The van der Waals surface area contributed by atoms with Gasteiger partial charge in [-0.15, -0.1) is 0 Å². The molecule has 2 N–H and O–H groups in total. The first kappa shape index (κ1) is 15.5. The molecule has 6 nitrogen and oxygen atoms in total. The van der Waals surface area contributed by atoms with Gasteiger partial charge in [-0.2, -0.15) is 0 Å². The SMILES string of the molecule is O=C(NCC(=O)C1CNCC[N]1)OCCc1ccccc1. The highest BCUT2D eigenvalue weighted by Crippen LogP contribution is 1.99. The number of ketones is 1. The van der Waals surface area contributed by atoms with E-state index in [1.165, 1.54) is 0 Å². The topological polar surface area (TPSA) is 81.5 Å². The number of alkyl carbamates (subject to hydrolysis) is 1. The lowest BCUT2D eigenvalue weighted by Crippen LogP contribution is -2.51. The summed E-state index contributed by atoms with van der Waals surface area (Å²) in [5.41, 5.74) is 1.11. The Morgan fingerprint density at radius 2 is 2.14 bits per heavy atom. The monoisotopic (exact) mass is 290 g/mol. The lowest BCUT2D eigenvalue weighted by Gasteiger charge is -2.21. The number of carbonyl (C=O) groups excluding carboxylic acids is 2. The summed E-state index contributed by atoms with van der Waals surface area (Å²) in [7, 11) is 0. The van der Waals surface area contributed by atoms with Gasteiger partial charge in [0.15, 0.2) is 5.78 Å². The molecule has 1 aromatic rings. The van der Waals surface area contributed by atoms with Gasteiger partial charge in [0.1, 0.15) is 0 Å². The van der Waals surface area contributed by atoms with E-state index in [2.05, 4.69) is 16.0 Å². The van der Waals surface area contributed by atoms with Crippen LogP contribution in [0.3, 0.4) is 0 Å². The van der Waals surface area contributed by atoms with Crippen LogP contribution in [0.2, 0.25) is 0 Å². The van der Waals surface area contributed by atoms with E-state index in [9.17, 15) is 9.59 Å². The molecule has 1 heterocycles. The fourth-order valence-electron chi connectivity index (χ4n) is 2.05. The number of piperazine rings is 1. The van der Waals surface area contributed by atoms with Crippen molar-refractivity contribution < 1.29 is 14.3 Å². The summed E-state index contributed by atoms with van der Waals surface area (Å²) in [6, 6.07) is 9.41. The summed E-state index contributed by atoms with van der Waals surface area (Å²) in [6.45, 7) is 2.24. The smallest absolute Gasteiger partial charge is 0.407 e. The van der Waals surface area contributed by atoms with Crippen molar-refractivity contribution in [1.29, 1.82) is 0 Å². The van der Waals surface area contributed by atoms with Crippen molar-refractivity contribution in [2.75, 3.05) is 32.8 Å². The van der Waals surface area contributed by atoms with Crippen LogP contribution in [0, 0.1) is 0 Å². The van der Waals surface area contributed by atoms with E-state index in [-0.39, 0.29) is 18.4 Å². The van der Waals surface area contributed by atoms with Gasteiger partial charge < -0.3 is 15.4 Å². The molecule has 0 spiro atoms. The van der Waals surface area contributed by atoms with E-state index in [0.717, 1.165) is 12.1 Å². The summed E-state index contributed by atoms with van der Waals surface area (Å²) >= 11 is 0. The fourth-order valence-corrected chi connectivity index (χ4v) is 2.05. The largest absolute Gasteiger partial charge is 0.449 e. The first-order chi connectivity index (χ1) is 10.3. The van der Waals surface area contributed by atoms with Crippen LogP contribution in [0.15, 0.2) is 30.3 Å². The van der Waals surface area contributed by atoms with Crippen LogP contribution >= 0.6 is 0 Å². The van der Waals surface area contributed by atoms with Gasteiger partial charge in [-0.25, -0.2) is 10.1 Å². The first-order valence-corrected chi connectivity index (χ1v) is 7.10. The molecule has 1 fully saturated rings. The molecule has 21 heavy (non-hydrogen) atoms. The second kappa shape index (κ2) is 8.39. The summed E-state index contributed by atoms with van der Waals surface area (Å²) in [5, 5.41) is 9.77. The van der Waals surface area contributed by atoms with Gasteiger partial charge in [-0.1, -0.05) is 30.3 Å². The number of amides is 1. The summed E-state index contributed by atoms with van der Waals surface area (Å²) < 4.78 is 5.04. The molecule has 1 atom stereocenters. The van der Waals surface area contributed by atoms with Gasteiger partial charge in [0, 0.05) is 26.1 Å². The van der Waals surface area contributed by atoms with Crippen LogP contribution < -0.4 is 16.0 Å². The molecule has 0 aromatic heterocycles. The molecule has 1 radical (unpaired) electrons. The Bertz CT molecular complexity index is 458. The zero-order chi connectivity index (χ0) is 14.9. The van der Waals surface area contributed by atoms with Gasteiger partial charge >= 0.3 is 6.09 Å². The second-order valence-electron chi connectivity index (χ2n) is 4.82. The molecule has 0 aliphatic carbocycles. The highest BCUT2D eigenvalue weighted by molar-refractivity contribution is 5.88. The standard InChI is InChI=1S/C15H20N3O3/c19-14(13-10-16-7-8-17-13)11-18-15(20)21-9-6-12-4-2-1-3-5-12/h1-5,13,16H,6-11H2,(H,18,20). The molecule has 1 aliphatic heterocycles. The molecular formula is C15H20N3O3. The third-order valence-corrected chi connectivity index (χ3v) is 3.22. The van der Waals surface area contributed by atoms with Gasteiger partial charge in [0.05, 0.1) is 19.2 Å². The maximum absolute atomic E-state index is 11.8. The van der Waals surface area contributed by atoms with Crippen molar-refractivity contribution in [3.63, 3.8) is 0 Å². The third-order valence-electron chi connectivity index (χ3n) is 3.22. The molecule has 1 aliphatic rings. The maximum atomic E-state index is 11.8. The number of Topliss-reactive ketones (excluding diaryl/α,β-unsaturated/α-hetero) is 1. The molecule has 0 saturated carbocycles. The van der Waals surface area contributed by atoms with Crippen molar-refractivity contribution in [2.24, 2.45) is 0 Å². The van der Waals surface area contributed by atoms with Crippen LogP contribution in [0.1, 0.15) is 5.56 Å². The average Bonchev–Trinajstić information content (AvgIpc) is 2.54. The van der Waals surface area contributed by atoms with Crippen molar-refractivity contribution in [3.8, 4) is 0 Å². The molecule has 2 rings (SSSR count). The number of ether oxygens (including phenoxy) is 1. The third kappa shape index (κ3) is 5.53. The number of benzene rings is 1. The number of nitrogens with one attached hydrogen (secondary N) is 2. The Morgan fingerprint density at radius 1 is 1.33 bits per heavy atom. The Labute approximate surface area is 124 Å². The predicted molar refractivity (Wildman–Crippen MR) is 78.2 cm³/mol. The summed E-state index contributed by atoms with van der Waals surface area (Å²) in [5.74, 6) is -0.0952. The molecular weight excluding hydrogens is 270 g/mol. The Kier molecular flexibility index (Phi) is 6.18. The number of nitrogens with zero attached hydrogens (tertiary/aromatic N) is 1. The molecule has 1 unspecified atom stereocenters. The van der Waals surface area contributed by atoms with E-state index in [1.807, 2.05) is 30.3 Å². The highest BCUT2D eigenvalue weighted by Gasteiger charge is 2.21. The zero-order valence-electron chi connectivity index (χ0n) is 11.9. The lowest BCUT2D eigenvalue weighted by atomic mass is 10.1. The Balaban J connectivity index is 1.60. The molecule has 1 aromatic carbocycles. The number of hydrogen-bond donors (Lipinski definition) is 2. The minimum Gasteiger partial charge on any atom is -0.449 e. The summed E-state index contributed by atoms with van der Waals surface area (Å²) in [6.07, 6.45) is 0.0902. The predicted octanol–water partition coefficient (Wildman–Crippen LogP) is 0.101. The number of rotatable bonds is 6. The van der Waals surface area contributed by atoms with Crippen LogP contribution in [0.5, 0.6) is 0 Å². The van der Waals surface area contributed by atoms with Gasteiger partial charge in [-0.05, 0) is 5.56 Å². The molecule has 113 valence electrons. The molecule has 6 heteroatoms. The normalized spacial score (nSPS) is 18.0. The zero-order valence-corrected chi connectivity index (χ0v) is 11.9. The van der Waals surface area contributed by atoms with Gasteiger partial charge in [0.25, 0.3) is 0 Å². The molecule has 1 saturated heterocycles. The van der Waals surface area contributed by atoms with Gasteiger partial charge in [0.2, 0.25) is 0 Å². The quantitative estimate of drug-likeness (QED) is 0.778. The highest BCUT2D eigenvalue weighted by atomic mass is 16.5. The molecule has 1 amide bonds. The van der Waals surface area contributed by atoms with E-state index < -0.39 is 6.09 Å². The first-order valence-electron chi connectivity index (χ1n) is 7.10. The lowest BCUT2D eigenvalue weighted by molar-refractivity contribution is -0.120. The molecule has 0 bridgehead atoms. The van der Waals surface area contributed by atoms with Crippen LogP contribution in [0.4, 0.5) is 4.79 Å². The van der Waals surface area contributed by atoms with Crippen molar-refractivity contribution in [2.45, 2.75) is 12.5 Å². The Hall–Kier alpha value is -1.92. The van der Waals surface area contributed by atoms with Crippen LogP contribution in [0.25, 0.3) is 0 Å². The number of hydrogen-bond acceptors (Lipinski definition) is 4. The average molecular weight is 290 g/mol. The van der Waals surface area contributed by atoms with E-state index >= 15 is 0 Å². The van der Waals surface area contributed by atoms with Crippen LogP contribution in [-0.4, -0.2) is 50.7 Å². The maximum Gasteiger partial charge on any atom is 0.407 e. The Morgan fingerprint density at radius 3 is 2.86 bits per heavy atom. The van der Waals surface area contributed by atoms with Gasteiger partial charge in [-0.3, -0.25) is 4.79 Å². The summed E-state index contributed by atoms with van der Waals surface area (Å²) in [4.78, 5) is 23.3. The number of carbonyl (C=O) groups is 2. The fraction of sp³-hybridized carbons (Fsp3) is 0.467. The van der Waals surface area contributed by atoms with E-state index in [4.69, 9.17) is 4.74 Å². The van der Waals surface area contributed by atoms with E-state index in [1.54, 1.807) is 0 Å². The van der Waals surface area contributed by atoms with Crippen molar-refractivity contribution in [1.82, 2.24) is 16.0 Å². The van der Waals surface area contributed by atoms with E-state index in [0.29, 0.717) is 26.1 Å². The van der Waals surface area contributed by atoms with Crippen molar-refractivity contribution >= 4 is 11.9 Å². The second-order valence-corrected chi connectivity index (χ2v) is 4.82. The minimum absolute atomic E-state index is 0.0416. The van der Waals surface area contributed by atoms with Crippen molar-refractivity contribution in [3.05, 3.63) is 35.9 Å². The minimum atomic E-state index is -0.567. The van der Waals surface area contributed by atoms with Crippen LogP contribution in [-0.2, 0) is 16.0 Å².